The molecule has 0 unspecified atom stereocenters. The molecule has 0 aliphatic heterocycles. The fourth-order valence-corrected chi connectivity index (χ4v) is 10.0. The number of phenolic OH excluding ortho intramolecular Hbond substituents is 1. The maximum atomic E-state index is 12.8. The first-order valence-corrected chi connectivity index (χ1v) is 24.9. The molecule has 0 aliphatic rings. The molecular formula is C68H57N3O. The van der Waals surface area contributed by atoms with Crippen molar-refractivity contribution in [2.75, 3.05) is 0 Å². The molecule has 0 atom stereocenters. The number of hydrogen-bond acceptors (Lipinski definition) is 3. The zero-order chi connectivity index (χ0) is 49.6. The number of benzene rings is 9. The lowest BCUT2D eigenvalue weighted by Gasteiger charge is -2.28. The molecule has 0 radical (unpaired) electrons. The topological polar surface area (TPSA) is 50.9 Å². The van der Waals surface area contributed by atoms with Crippen LogP contribution in [0.3, 0.4) is 0 Å². The van der Waals surface area contributed by atoms with E-state index in [0.29, 0.717) is 11.4 Å². The van der Waals surface area contributed by atoms with Gasteiger partial charge in [0.15, 0.2) is 0 Å². The lowest BCUT2D eigenvalue weighted by Crippen LogP contribution is -2.17. The second-order valence-electron chi connectivity index (χ2n) is 20.8. The van der Waals surface area contributed by atoms with Gasteiger partial charge < -0.3 is 5.11 Å². The number of phenols is 1. The van der Waals surface area contributed by atoms with Crippen LogP contribution in [-0.4, -0.2) is 19.6 Å². The lowest BCUT2D eigenvalue weighted by atomic mass is 9.79. The second-order valence-corrected chi connectivity index (χ2v) is 20.8. The fourth-order valence-electron chi connectivity index (χ4n) is 10.0. The average molecular weight is 932 g/mol. The highest BCUT2D eigenvalue weighted by Crippen LogP contribution is 2.47. The normalized spacial score (nSPS) is 11.8. The number of aromatic hydroxyl groups is 1. The molecule has 350 valence electrons. The summed E-state index contributed by atoms with van der Waals surface area (Å²) in [6.45, 7) is 13.2. The second kappa shape index (κ2) is 18.6. The largest absolute Gasteiger partial charge is 0.507 e. The molecule has 11 rings (SSSR count). The molecule has 4 nitrogen and oxygen atoms in total. The van der Waals surface area contributed by atoms with Crippen molar-refractivity contribution in [2.45, 2.75) is 52.4 Å². The van der Waals surface area contributed by atoms with E-state index in [1.165, 1.54) is 11.1 Å². The minimum atomic E-state index is -0.357. The SMILES string of the molecule is CC(C)(C)c1cc(-c2nc3c(-c4cc(-c5ccccc5)cc(-c5cc(-c6ccc(-c7ccccc7)cc6)ccn5)c4)cccc3n2-c2c(-c3ccccc3)cccc2-c2ccccc2)c(O)c(C(C)(C)C)c1. The molecule has 0 saturated heterocycles. The molecule has 9 aromatic carbocycles. The van der Waals surface area contributed by atoms with E-state index in [0.717, 1.165) is 94.7 Å². The van der Waals surface area contributed by atoms with E-state index in [1.807, 2.05) is 12.3 Å². The van der Waals surface area contributed by atoms with E-state index in [9.17, 15) is 5.11 Å². The van der Waals surface area contributed by atoms with Gasteiger partial charge in [-0.1, -0.05) is 224 Å². The van der Waals surface area contributed by atoms with Crippen LogP contribution in [0.15, 0.2) is 231 Å². The minimum Gasteiger partial charge on any atom is -0.507 e. The third-order valence-electron chi connectivity index (χ3n) is 13.9. The number of para-hydroxylation sites is 2. The molecule has 0 fully saturated rings. The summed E-state index contributed by atoms with van der Waals surface area (Å²) in [5.74, 6) is 0.903. The third-order valence-corrected chi connectivity index (χ3v) is 13.9. The maximum absolute atomic E-state index is 12.8. The molecule has 1 N–H and O–H groups in total. The number of pyridine rings is 1. The van der Waals surface area contributed by atoms with Crippen LogP contribution >= 0.6 is 0 Å². The Morgan fingerprint density at radius 3 is 1.43 bits per heavy atom. The van der Waals surface area contributed by atoms with Gasteiger partial charge in [-0.05, 0) is 109 Å². The predicted molar refractivity (Wildman–Crippen MR) is 301 cm³/mol. The standard InChI is InChI=1S/C68H57N3O/c1-67(2,3)55-43-59(65(72)60(44-55)68(4,5)6)66-70-63-56(29-20-32-62(63)71(66)64-57(49-25-15-9-16-26-49)30-19-31-58(64)50-27-17-10-18-28-50)53-39-52(46-23-13-8-14-24-46)40-54(41-53)61-42-51(37-38-69-61)48-35-33-47(34-36-48)45-21-11-7-12-22-45/h7-44,72H,1-6H3. The van der Waals surface area contributed by atoms with Gasteiger partial charge in [0, 0.05) is 34.0 Å². The van der Waals surface area contributed by atoms with E-state index >= 15 is 0 Å². The van der Waals surface area contributed by atoms with Gasteiger partial charge in [0.2, 0.25) is 0 Å². The van der Waals surface area contributed by atoms with Crippen molar-refractivity contribution in [2.24, 2.45) is 0 Å². The predicted octanol–water partition coefficient (Wildman–Crippen LogP) is 18.1. The van der Waals surface area contributed by atoms with Crippen molar-refractivity contribution >= 4 is 11.0 Å². The van der Waals surface area contributed by atoms with Gasteiger partial charge in [-0.15, -0.1) is 0 Å². The van der Waals surface area contributed by atoms with Gasteiger partial charge in [-0.2, -0.15) is 0 Å². The molecule has 0 spiro atoms. The Balaban J connectivity index is 1.18. The summed E-state index contributed by atoms with van der Waals surface area (Å²) in [5, 5.41) is 12.8. The van der Waals surface area contributed by atoms with Crippen molar-refractivity contribution in [3.05, 3.63) is 242 Å². The van der Waals surface area contributed by atoms with E-state index in [4.69, 9.17) is 9.97 Å². The lowest BCUT2D eigenvalue weighted by molar-refractivity contribution is 0.446. The molecule has 2 heterocycles. The van der Waals surface area contributed by atoms with Gasteiger partial charge >= 0.3 is 0 Å². The summed E-state index contributed by atoms with van der Waals surface area (Å²) in [4.78, 5) is 10.8. The molecule has 0 amide bonds. The molecule has 4 heteroatoms. The first-order valence-electron chi connectivity index (χ1n) is 24.9. The van der Waals surface area contributed by atoms with Gasteiger partial charge in [0.25, 0.3) is 0 Å². The number of rotatable bonds is 9. The minimum absolute atomic E-state index is 0.215. The van der Waals surface area contributed by atoms with Crippen LogP contribution in [0.25, 0.3) is 106 Å². The van der Waals surface area contributed by atoms with E-state index in [1.54, 1.807) is 0 Å². The molecule has 11 aromatic rings. The summed E-state index contributed by atoms with van der Waals surface area (Å²) >= 11 is 0. The molecule has 2 aromatic heterocycles. The van der Waals surface area contributed by atoms with Crippen molar-refractivity contribution in [1.82, 2.24) is 14.5 Å². The van der Waals surface area contributed by atoms with Crippen molar-refractivity contribution in [3.8, 4) is 101 Å². The number of nitrogens with zero attached hydrogens (tertiary/aromatic N) is 3. The monoisotopic (exact) mass is 931 g/mol. The highest BCUT2D eigenvalue weighted by molar-refractivity contribution is 6.00. The van der Waals surface area contributed by atoms with E-state index < -0.39 is 0 Å². The summed E-state index contributed by atoms with van der Waals surface area (Å²) in [6.07, 6.45) is 1.91. The summed E-state index contributed by atoms with van der Waals surface area (Å²) in [6, 6.07) is 79.5. The third kappa shape index (κ3) is 8.82. The summed E-state index contributed by atoms with van der Waals surface area (Å²) < 4.78 is 2.31. The van der Waals surface area contributed by atoms with E-state index in [2.05, 4.69) is 264 Å². The van der Waals surface area contributed by atoms with Gasteiger partial charge in [0.1, 0.15) is 11.6 Å². The van der Waals surface area contributed by atoms with Crippen LogP contribution in [0.2, 0.25) is 0 Å². The molecule has 0 saturated carbocycles. The molecule has 72 heavy (non-hydrogen) atoms. The summed E-state index contributed by atoms with van der Waals surface area (Å²) in [5.41, 5.74) is 19.8. The number of aromatic nitrogens is 3. The average Bonchev–Trinajstić information content (AvgIpc) is 3.80. The first-order chi connectivity index (χ1) is 34.9. The molecular weight excluding hydrogens is 875 g/mol. The van der Waals surface area contributed by atoms with Crippen LogP contribution in [0.4, 0.5) is 0 Å². The quantitative estimate of drug-likeness (QED) is 0.157. The smallest absolute Gasteiger partial charge is 0.149 e. The van der Waals surface area contributed by atoms with Crippen LogP contribution in [0.1, 0.15) is 52.7 Å². The molecule has 0 aliphatic carbocycles. The summed E-state index contributed by atoms with van der Waals surface area (Å²) in [7, 11) is 0. The van der Waals surface area contributed by atoms with E-state index in [-0.39, 0.29) is 16.6 Å². The molecule has 0 bridgehead atoms. The van der Waals surface area contributed by atoms with Crippen LogP contribution in [0.5, 0.6) is 5.75 Å². The van der Waals surface area contributed by atoms with Gasteiger partial charge in [-0.25, -0.2) is 4.98 Å². The number of imidazole rings is 1. The van der Waals surface area contributed by atoms with Crippen molar-refractivity contribution < 1.29 is 5.11 Å². The van der Waals surface area contributed by atoms with Gasteiger partial charge in [-0.3, -0.25) is 9.55 Å². The Bertz CT molecular complexity index is 3670. The Hall–Kier alpha value is -8.60. The van der Waals surface area contributed by atoms with Crippen molar-refractivity contribution in [1.29, 1.82) is 0 Å². The van der Waals surface area contributed by atoms with Gasteiger partial charge in [0.05, 0.1) is 28.0 Å². The number of hydrogen-bond donors (Lipinski definition) is 1. The number of fused-ring (bicyclic) bond motifs is 1. The van der Waals surface area contributed by atoms with Crippen LogP contribution in [0, 0.1) is 0 Å². The zero-order valence-electron chi connectivity index (χ0n) is 41.7. The Labute approximate surface area is 423 Å². The highest BCUT2D eigenvalue weighted by Gasteiger charge is 2.30. The zero-order valence-corrected chi connectivity index (χ0v) is 41.7. The van der Waals surface area contributed by atoms with Crippen LogP contribution in [-0.2, 0) is 10.8 Å². The highest BCUT2D eigenvalue weighted by atomic mass is 16.3. The van der Waals surface area contributed by atoms with Crippen molar-refractivity contribution in [3.63, 3.8) is 0 Å². The Morgan fingerprint density at radius 1 is 0.375 bits per heavy atom. The fraction of sp³-hybridized carbons (Fsp3) is 0.118. The maximum Gasteiger partial charge on any atom is 0.149 e. The Kier molecular flexibility index (Phi) is 11.9. The van der Waals surface area contributed by atoms with Crippen LogP contribution < -0.4 is 0 Å². The first kappa shape index (κ1) is 45.8. The Morgan fingerprint density at radius 2 is 0.861 bits per heavy atom.